The lowest BCUT2D eigenvalue weighted by molar-refractivity contribution is -0.133. The van der Waals surface area contributed by atoms with Crippen LogP contribution in [0.15, 0.2) is 36.4 Å². The number of ether oxygens (including phenoxy) is 2. The molecule has 0 bridgehead atoms. The zero-order valence-electron chi connectivity index (χ0n) is 20.6. The zero-order valence-corrected chi connectivity index (χ0v) is 20.6. The summed E-state index contributed by atoms with van der Waals surface area (Å²) < 4.78 is 11.4. The van der Waals surface area contributed by atoms with E-state index in [1.807, 2.05) is 36.1 Å². The Morgan fingerprint density at radius 2 is 1.54 bits per heavy atom. The maximum Gasteiger partial charge on any atom is 0.260 e. The fourth-order valence-corrected chi connectivity index (χ4v) is 4.95. The van der Waals surface area contributed by atoms with Gasteiger partial charge in [0.2, 0.25) is 0 Å². The smallest absolute Gasteiger partial charge is 0.260 e. The minimum Gasteiger partial charge on any atom is -0.484 e. The molecule has 3 saturated heterocycles. The van der Waals surface area contributed by atoms with Gasteiger partial charge >= 0.3 is 0 Å². The number of aryl methyl sites for hydroxylation is 1. The summed E-state index contributed by atoms with van der Waals surface area (Å²) >= 11 is 0. The molecule has 0 aliphatic carbocycles. The summed E-state index contributed by atoms with van der Waals surface area (Å²) in [5.41, 5.74) is 1.17. The highest BCUT2D eigenvalue weighted by Gasteiger charge is 2.25. The van der Waals surface area contributed by atoms with E-state index in [4.69, 9.17) is 9.47 Å². The molecule has 1 unspecified atom stereocenters. The van der Waals surface area contributed by atoms with Crippen LogP contribution in [0.5, 0.6) is 5.75 Å². The van der Waals surface area contributed by atoms with E-state index in [1.54, 1.807) is 0 Å². The molecule has 3 aliphatic heterocycles. The molecule has 9 nitrogen and oxygen atoms in total. The molecular formula is C26H36N6O3. The first-order valence-electron chi connectivity index (χ1n) is 12.8. The molecule has 188 valence electrons. The molecule has 0 saturated carbocycles. The molecule has 9 heteroatoms. The van der Waals surface area contributed by atoms with Crippen LogP contribution in [-0.2, 0) is 9.53 Å². The second kappa shape index (κ2) is 11.2. The summed E-state index contributed by atoms with van der Waals surface area (Å²) in [6, 6.07) is 11.9. The van der Waals surface area contributed by atoms with Crippen molar-refractivity contribution in [2.45, 2.75) is 25.9 Å². The number of benzene rings is 1. The van der Waals surface area contributed by atoms with Crippen molar-refractivity contribution in [1.82, 2.24) is 20.0 Å². The van der Waals surface area contributed by atoms with E-state index in [2.05, 4.69) is 37.0 Å². The average molecular weight is 481 g/mol. The van der Waals surface area contributed by atoms with Crippen molar-refractivity contribution in [3.63, 3.8) is 0 Å². The number of carbonyl (C=O) groups is 1. The number of rotatable bonds is 7. The molecule has 1 atom stereocenters. The van der Waals surface area contributed by atoms with Gasteiger partial charge in [0.05, 0.1) is 6.10 Å². The van der Waals surface area contributed by atoms with Crippen LogP contribution in [-0.4, -0.2) is 104 Å². The number of hydrogen-bond donors (Lipinski definition) is 0. The maximum absolute atomic E-state index is 12.6. The Balaban J connectivity index is 1.05. The van der Waals surface area contributed by atoms with Gasteiger partial charge in [-0.1, -0.05) is 17.7 Å². The lowest BCUT2D eigenvalue weighted by Crippen LogP contribution is -2.50. The number of anilines is 2. The van der Waals surface area contributed by atoms with Crippen LogP contribution in [0, 0.1) is 6.92 Å². The SMILES string of the molecule is Cc1ccc(OCC(=O)N2CCN(c3ccc(N4CCN(CC5CCCO5)CC4)nn3)CC2)cc1. The number of carbonyl (C=O) groups excluding carboxylic acids is 1. The predicted molar refractivity (Wildman–Crippen MR) is 135 cm³/mol. The topological polar surface area (TPSA) is 74.3 Å². The van der Waals surface area contributed by atoms with Crippen molar-refractivity contribution in [2.75, 3.05) is 81.9 Å². The Labute approximate surface area is 207 Å². The van der Waals surface area contributed by atoms with Crippen LogP contribution in [0.25, 0.3) is 0 Å². The number of hydrogen-bond acceptors (Lipinski definition) is 8. The first kappa shape index (κ1) is 23.8. The van der Waals surface area contributed by atoms with E-state index >= 15 is 0 Å². The van der Waals surface area contributed by atoms with E-state index < -0.39 is 0 Å². The molecule has 0 N–H and O–H groups in total. The highest BCUT2D eigenvalue weighted by atomic mass is 16.5. The Morgan fingerprint density at radius 3 is 2.11 bits per heavy atom. The Kier molecular flexibility index (Phi) is 7.63. The minimum atomic E-state index is 0.0188. The van der Waals surface area contributed by atoms with Gasteiger partial charge in [0.15, 0.2) is 18.2 Å². The van der Waals surface area contributed by atoms with Crippen molar-refractivity contribution in [2.24, 2.45) is 0 Å². The van der Waals surface area contributed by atoms with Crippen LogP contribution >= 0.6 is 0 Å². The second-order valence-electron chi connectivity index (χ2n) is 9.64. The molecule has 1 aromatic carbocycles. The highest BCUT2D eigenvalue weighted by Crippen LogP contribution is 2.20. The van der Waals surface area contributed by atoms with Crippen molar-refractivity contribution in [3.8, 4) is 5.75 Å². The van der Waals surface area contributed by atoms with Gasteiger partial charge in [0, 0.05) is 65.5 Å². The first-order valence-corrected chi connectivity index (χ1v) is 12.8. The minimum absolute atomic E-state index is 0.0188. The monoisotopic (exact) mass is 480 g/mol. The van der Waals surface area contributed by atoms with Crippen LogP contribution in [0.2, 0.25) is 0 Å². The molecule has 35 heavy (non-hydrogen) atoms. The van der Waals surface area contributed by atoms with Crippen molar-refractivity contribution >= 4 is 17.5 Å². The van der Waals surface area contributed by atoms with Gasteiger partial charge in [0.1, 0.15) is 5.75 Å². The van der Waals surface area contributed by atoms with Gasteiger partial charge in [-0.3, -0.25) is 9.69 Å². The first-order chi connectivity index (χ1) is 17.1. The van der Waals surface area contributed by atoms with Crippen molar-refractivity contribution in [1.29, 1.82) is 0 Å². The van der Waals surface area contributed by atoms with Crippen LogP contribution < -0.4 is 14.5 Å². The standard InChI is InChI=1S/C26H36N6O3/c1-21-4-6-22(7-5-21)35-20-26(33)32-16-14-31(15-17-32)25-9-8-24(27-28-25)30-12-10-29(11-13-30)19-23-3-2-18-34-23/h4-9,23H,2-3,10-20H2,1H3. The molecule has 0 radical (unpaired) electrons. The molecule has 2 aromatic rings. The lowest BCUT2D eigenvalue weighted by atomic mass is 10.2. The quantitative estimate of drug-likeness (QED) is 0.594. The molecule has 1 amide bonds. The van der Waals surface area contributed by atoms with E-state index in [1.165, 1.54) is 18.4 Å². The largest absolute Gasteiger partial charge is 0.484 e. The maximum atomic E-state index is 12.6. The molecule has 0 spiro atoms. The molecule has 3 fully saturated rings. The van der Waals surface area contributed by atoms with Gasteiger partial charge in [-0.05, 0) is 44.0 Å². The predicted octanol–water partition coefficient (Wildman–Crippen LogP) is 1.81. The molecule has 3 aliphatic rings. The number of piperazine rings is 2. The Morgan fingerprint density at radius 1 is 0.914 bits per heavy atom. The van der Waals surface area contributed by atoms with Crippen LogP contribution in [0.1, 0.15) is 18.4 Å². The third-order valence-electron chi connectivity index (χ3n) is 7.16. The highest BCUT2D eigenvalue weighted by molar-refractivity contribution is 5.78. The van der Waals surface area contributed by atoms with Gasteiger partial charge < -0.3 is 24.2 Å². The fourth-order valence-electron chi connectivity index (χ4n) is 4.95. The van der Waals surface area contributed by atoms with E-state index in [9.17, 15) is 4.79 Å². The summed E-state index contributed by atoms with van der Waals surface area (Å²) in [4.78, 5) is 21.4. The van der Waals surface area contributed by atoms with Gasteiger partial charge in [-0.2, -0.15) is 0 Å². The summed E-state index contributed by atoms with van der Waals surface area (Å²) in [6.45, 7) is 10.9. The second-order valence-corrected chi connectivity index (χ2v) is 9.64. The molecule has 1 aromatic heterocycles. The summed E-state index contributed by atoms with van der Waals surface area (Å²) in [5, 5.41) is 9.02. The lowest BCUT2D eigenvalue weighted by Gasteiger charge is -2.37. The van der Waals surface area contributed by atoms with E-state index in [0.29, 0.717) is 19.2 Å². The molecular weight excluding hydrogens is 444 g/mol. The number of aromatic nitrogens is 2. The number of amides is 1. The van der Waals surface area contributed by atoms with E-state index in [0.717, 1.165) is 69.8 Å². The average Bonchev–Trinajstić information content (AvgIpc) is 3.42. The Bertz CT molecular complexity index is 948. The summed E-state index contributed by atoms with van der Waals surface area (Å²) in [6.07, 6.45) is 2.80. The third kappa shape index (κ3) is 6.21. The van der Waals surface area contributed by atoms with Crippen LogP contribution in [0.3, 0.4) is 0 Å². The van der Waals surface area contributed by atoms with Crippen molar-refractivity contribution < 1.29 is 14.3 Å². The summed E-state index contributed by atoms with van der Waals surface area (Å²) in [7, 11) is 0. The van der Waals surface area contributed by atoms with E-state index in [-0.39, 0.29) is 12.5 Å². The normalized spacial score (nSPS) is 21.4. The van der Waals surface area contributed by atoms with Gasteiger partial charge in [-0.25, -0.2) is 0 Å². The molecule has 4 heterocycles. The van der Waals surface area contributed by atoms with Crippen molar-refractivity contribution in [3.05, 3.63) is 42.0 Å². The van der Waals surface area contributed by atoms with Crippen LogP contribution in [0.4, 0.5) is 11.6 Å². The summed E-state index contributed by atoms with van der Waals surface area (Å²) in [5.74, 6) is 2.55. The fraction of sp³-hybridized carbons (Fsp3) is 0.577. The Hall–Kier alpha value is -2.91. The van der Waals surface area contributed by atoms with Gasteiger partial charge in [0.25, 0.3) is 5.91 Å². The number of nitrogens with zero attached hydrogens (tertiary/aromatic N) is 6. The zero-order chi connectivity index (χ0) is 24.0. The molecule has 5 rings (SSSR count). The third-order valence-corrected chi connectivity index (χ3v) is 7.16. The van der Waals surface area contributed by atoms with Gasteiger partial charge in [-0.15, -0.1) is 10.2 Å².